The van der Waals surface area contributed by atoms with Gasteiger partial charge in [0.15, 0.2) is 15.8 Å². The largest absolute Gasteiger partial charge is 0.357 e. The van der Waals surface area contributed by atoms with Gasteiger partial charge in [0.2, 0.25) is 5.91 Å². The van der Waals surface area contributed by atoms with Crippen LogP contribution in [0.4, 0.5) is 0 Å². The highest BCUT2D eigenvalue weighted by Gasteiger charge is 2.11. The summed E-state index contributed by atoms with van der Waals surface area (Å²) in [6, 6.07) is 5.17. The van der Waals surface area contributed by atoms with Crippen molar-refractivity contribution in [1.82, 2.24) is 15.5 Å². The minimum Gasteiger partial charge on any atom is -0.357 e. The second-order valence-corrected chi connectivity index (χ2v) is 7.69. The van der Waals surface area contributed by atoms with Crippen LogP contribution in [0.25, 0.3) is 0 Å². The highest BCUT2D eigenvalue weighted by Crippen LogP contribution is 2.17. The van der Waals surface area contributed by atoms with E-state index in [4.69, 9.17) is 0 Å². The van der Waals surface area contributed by atoms with Gasteiger partial charge in [-0.3, -0.25) is 4.79 Å². The van der Waals surface area contributed by atoms with Gasteiger partial charge in [-0.15, -0.1) is 24.0 Å². The molecule has 0 saturated carbocycles. The Bertz CT molecular complexity index is 718. The zero-order chi connectivity index (χ0) is 18.3. The molecular weight excluding hydrogens is 455 g/mol. The lowest BCUT2D eigenvalue weighted by molar-refractivity contribution is -0.127. The molecule has 2 N–H and O–H groups in total. The Hall–Kier alpha value is -1.36. The van der Waals surface area contributed by atoms with Gasteiger partial charge in [0.25, 0.3) is 0 Å². The molecule has 1 amide bonds. The number of hydrogen-bond acceptors (Lipinski definition) is 4. The first-order valence-corrected chi connectivity index (χ1v) is 9.56. The van der Waals surface area contributed by atoms with Crippen LogP contribution in [0.2, 0.25) is 0 Å². The molecule has 0 atom stereocenters. The molecule has 0 aliphatic carbocycles. The van der Waals surface area contributed by atoms with Gasteiger partial charge in [0.1, 0.15) is 0 Å². The zero-order valence-electron chi connectivity index (χ0n) is 15.3. The molecule has 0 fully saturated rings. The molecule has 1 rings (SSSR count). The summed E-state index contributed by atoms with van der Waals surface area (Å²) in [5.74, 6) is 0.492. The minimum atomic E-state index is -3.22. The number of nitrogens with zero attached hydrogens (tertiary/aromatic N) is 2. The lowest BCUT2D eigenvalue weighted by Crippen LogP contribution is -2.42. The van der Waals surface area contributed by atoms with Crippen LogP contribution in [0.5, 0.6) is 0 Å². The third kappa shape index (κ3) is 8.04. The van der Waals surface area contributed by atoms with Crippen LogP contribution < -0.4 is 10.6 Å². The number of sulfone groups is 1. The Labute approximate surface area is 167 Å². The van der Waals surface area contributed by atoms with Crippen molar-refractivity contribution in [1.29, 1.82) is 0 Å². The van der Waals surface area contributed by atoms with E-state index < -0.39 is 9.84 Å². The number of nitrogens with one attached hydrogen (secondary N) is 2. The Kier molecular flexibility index (Phi) is 10.0. The van der Waals surface area contributed by atoms with Gasteiger partial charge in [-0.25, -0.2) is 13.4 Å². The van der Waals surface area contributed by atoms with E-state index in [0.717, 1.165) is 5.56 Å². The number of rotatable bonds is 6. The number of benzene rings is 1. The second-order valence-electron chi connectivity index (χ2n) is 5.71. The summed E-state index contributed by atoms with van der Waals surface area (Å²) in [6.07, 6.45) is 1.20. The van der Waals surface area contributed by atoms with Crippen LogP contribution in [0.3, 0.4) is 0 Å². The Balaban J connectivity index is 0.00000576. The predicted molar refractivity (Wildman–Crippen MR) is 111 cm³/mol. The number of carbonyl (C=O) groups excluding carboxylic acids is 1. The maximum absolute atomic E-state index is 11.6. The van der Waals surface area contributed by atoms with E-state index in [0.29, 0.717) is 29.5 Å². The molecule has 0 saturated heterocycles. The predicted octanol–water partition coefficient (Wildman–Crippen LogP) is 1.16. The summed E-state index contributed by atoms with van der Waals surface area (Å²) >= 11 is 0. The van der Waals surface area contributed by atoms with E-state index >= 15 is 0 Å². The standard InChI is InChI=1S/C16H26N4O3S.HI/c1-6-17-16(19-11-15(21)20(3)4)18-10-13-7-8-14(12(2)9-13)24(5,22)23;/h7-9H,6,10-11H2,1-5H3,(H2,17,18,19);1H. The Morgan fingerprint density at radius 3 is 2.36 bits per heavy atom. The molecule has 0 radical (unpaired) electrons. The van der Waals surface area contributed by atoms with Crippen LogP contribution in [0.1, 0.15) is 18.1 Å². The summed E-state index contributed by atoms with van der Waals surface area (Å²) in [6.45, 7) is 4.92. The molecule has 0 aromatic heterocycles. The summed E-state index contributed by atoms with van der Waals surface area (Å²) in [5, 5.41) is 6.04. The lowest BCUT2D eigenvalue weighted by atomic mass is 10.1. The van der Waals surface area contributed by atoms with Crippen molar-refractivity contribution >= 4 is 45.7 Å². The topological polar surface area (TPSA) is 90.9 Å². The number of hydrogen-bond donors (Lipinski definition) is 2. The van der Waals surface area contributed by atoms with Crippen molar-refractivity contribution in [3.05, 3.63) is 29.3 Å². The molecule has 7 nitrogen and oxygen atoms in total. The SMILES string of the molecule is CCNC(=NCc1ccc(S(C)(=O)=O)c(C)c1)NCC(=O)N(C)C.I. The maximum atomic E-state index is 11.6. The Morgan fingerprint density at radius 2 is 1.88 bits per heavy atom. The summed E-state index contributed by atoms with van der Waals surface area (Å²) < 4.78 is 23.3. The summed E-state index contributed by atoms with van der Waals surface area (Å²) in [4.78, 5) is 17.9. The Morgan fingerprint density at radius 1 is 1.24 bits per heavy atom. The van der Waals surface area contributed by atoms with E-state index in [-0.39, 0.29) is 36.4 Å². The molecule has 25 heavy (non-hydrogen) atoms. The highest BCUT2D eigenvalue weighted by molar-refractivity contribution is 14.0. The molecule has 142 valence electrons. The fourth-order valence-corrected chi connectivity index (χ4v) is 3.01. The number of likely N-dealkylation sites (N-methyl/N-ethyl adjacent to an activating group) is 1. The van der Waals surface area contributed by atoms with E-state index in [2.05, 4.69) is 15.6 Å². The smallest absolute Gasteiger partial charge is 0.241 e. The van der Waals surface area contributed by atoms with Crippen LogP contribution >= 0.6 is 24.0 Å². The number of aryl methyl sites for hydroxylation is 1. The van der Waals surface area contributed by atoms with Crippen LogP contribution in [-0.2, 0) is 21.2 Å². The van der Waals surface area contributed by atoms with Gasteiger partial charge >= 0.3 is 0 Å². The van der Waals surface area contributed by atoms with Crippen molar-refractivity contribution in [2.45, 2.75) is 25.3 Å². The highest BCUT2D eigenvalue weighted by atomic mass is 127. The van der Waals surface area contributed by atoms with Gasteiger partial charge in [0.05, 0.1) is 18.0 Å². The molecule has 0 heterocycles. The van der Waals surface area contributed by atoms with E-state index in [1.807, 2.05) is 13.0 Å². The van der Waals surface area contributed by atoms with Crippen molar-refractivity contribution in [3.63, 3.8) is 0 Å². The first kappa shape index (κ1) is 23.6. The average molecular weight is 482 g/mol. The first-order chi connectivity index (χ1) is 11.1. The van der Waals surface area contributed by atoms with Crippen molar-refractivity contribution in [3.8, 4) is 0 Å². The van der Waals surface area contributed by atoms with Gasteiger partial charge in [-0.05, 0) is 31.0 Å². The second kappa shape index (κ2) is 10.6. The molecule has 0 spiro atoms. The van der Waals surface area contributed by atoms with Crippen LogP contribution in [-0.4, -0.2) is 58.6 Å². The molecule has 0 bridgehead atoms. The fraction of sp³-hybridized carbons (Fsp3) is 0.500. The van der Waals surface area contributed by atoms with E-state index in [1.165, 1.54) is 11.2 Å². The molecule has 0 aliphatic rings. The quantitative estimate of drug-likeness (QED) is 0.361. The molecule has 9 heteroatoms. The maximum Gasteiger partial charge on any atom is 0.241 e. The average Bonchev–Trinajstić information content (AvgIpc) is 2.48. The third-order valence-corrected chi connectivity index (χ3v) is 4.57. The van der Waals surface area contributed by atoms with Gasteiger partial charge < -0.3 is 15.5 Å². The first-order valence-electron chi connectivity index (χ1n) is 7.67. The van der Waals surface area contributed by atoms with Crippen LogP contribution in [0, 0.1) is 6.92 Å². The fourth-order valence-electron chi connectivity index (χ4n) is 2.06. The molecule has 1 aromatic carbocycles. The van der Waals surface area contributed by atoms with Gasteiger partial charge in [-0.2, -0.15) is 0 Å². The van der Waals surface area contributed by atoms with Crippen molar-refractivity contribution < 1.29 is 13.2 Å². The monoisotopic (exact) mass is 482 g/mol. The van der Waals surface area contributed by atoms with Gasteiger partial charge in [-0.1, -0.05) is 12.1 Å². The summed E-state index contributed by atoms with van der Waals surface area (Å²) in [7, 11) is 0.170. The molecule has 1 aromatic rings. The van der Waals surface area contributed by atoms with E-state index in [9.17, 15) is 13.2 Å². The molecule has 0 aliphatic heterocycles. The van der Waals surface area contributed by atoms with Crippen LogP contribution in [0.15, 0.2) is 28.1 Å². The van der Waals surface area contributed by atoms with Crippen molar-refractivity contribution in [2.75, 3.05) is 33.4 Å². The molecular formula is C16H27IN4O3S. The minimum absolute atomic E-state index is 0. The summed E-state index contributed by atoms with van der Waals surface area (Å²) in [5.41, 5.74) is 1.60. The molecule has 0 unspecified atom stereocenters. The third-order valence-electron chi connectivity index (χ3n) is 3.31. The normalized spacial score (nSPS) is 11.5. The van der Waals surface area contributed by atoms with Crippen molar-refractivity contribution in [2.24, 2.45) is 4.99 Å². The lowest BCUT2D eigenvalue weighted by Gasteiger charge is -2.14. The number of halogens is 1. The zero-order valence-corrected chi connectivity index (χ0v) is 18.4. The number of amides is 1. The number of aliphatic imine (C=N–C) groups is 1. The van der Waals surface area contributed by atoms with Gasteiger partial charge in [0, 0.05) is 26.9 Å². The van der Waals surface area contributed by atoms with E-state index in [1.54, 1.807) is 33.2 Å². The number of guanidine groups is 1. The number of carbonyl (C=O) groups is 1.